The Morgan fingerprint density at radius 2 is 1.76 bits per heavy atom. The SMILES string of the molecule is O=C(N[n+]1ccncc1)c1ccc(-c2ccc(OC(F)(F)C(F)F)cc2)c(Cl)c1. The number of hydrogen-bond donors (Lipinski definition) is 1. The summed E-state index contributed by atoms with van der Waals surface area (Å²) < 4.78 is 55.8. The van der Waals surface area contributed by atoms with Gasteiger partial charge < -0.3 is 4.74 Å². The summed E-state index contributed by atoms with van der Waals surface area (Å²) in [6, 6.07) is 9.61. The number of carbonyl (C=O) groups is 1. The Bertz CT molecular complexity index is 1000. The molecule has 150 valence electrons. The van der Waals surface area contributed by atoms with E-state index < -0.39 is 24.2 Å². The maximum Gasteiger partial charge on any atom is 0.461 e. The van der Waals surface area contributed by atoms with Crippen molar-refractivity contribution in [2.75, 3.05) is 5.43 Å². The van der Waals surface area contributed by atoms with Crippen LogP contribution >= 0.6 is 11.6 Å². The molecule has 1 heterocycles. The first-order valence-electron chi connectivity index (χ1n) is 8.14. The second-order valence-electron chi connectivity index (χ2n) is 5.78. The van der Waals surface area contributed by atoms with Crippen molar-refractivity contribution in [3.05, 3.63) is 77.8 Å². The van der Waals surface area contributed by atoms with Gasteiger partial charge in [-0.1, -0.05) is 34.5 Å². The zero-order valence-electron chi connectivity index (χ0n) is 14.5. The summed E-state index contributed by atoms with van der Waals surface area (Å²) in [4.78, 5) is 16.1. The topological polar surface area (TPSA) is 55.1 Å². The lowest BCUT2D eigenvalue weighted by Crippen LogP contribution is -2.47. The summed E-state index contributed by atoms with van der Waals surface area (Å²) >= 11 is 6.25. The smallest absolute Gasteiger partial charge is 0.428 e. The average molecular weight is 427 g/mol. The summed E-state index contributed by atoms with van der Waals surface area (Å²) in [5.74, 6) is -0.826. The van der Waals surface area contributed by atoms with E-state index in [1.807, 2.05) is 0 Å². The maximum absolute atomic E-state index is 13.0. The highest BCUT2D eigenvalue weighted by Gasteiger charge is 2.43. The van der Waals surface area contributed by atoms with Crippen LogP contribution in [0.25, 0.3) is 11.1 Å². The largest absolute Gasteiger partial charge is 0.461 e. The highest BCUT2D eigenvalue weighted by molar-refractivity contribution is 6.33. The fraction of sp³-hybridized carbons (Fsp3) is 0.105. The van der Waals surface area contributed by atoms with E-state index in [0.717, 1.165) is 12.1 Å². The van der Waals surface area contributed by atoms with Crippen molar-refractivity contribution in [1.82, 2.24) is 4.98 Å². The minimum atomic E-state index is -4.58. The zero-order valence-corrected chi connectivity index (χ0v) is 15.3. The zero-order chi connectivity index (χ0) is 21.0. The Kier molecular flexibility index (Phi) is 5.97. The molecule has 1 N–H and O–H groups in total. The minimum Gasteiger partial charge on any atom is -0.428 e. The highest BCUT2D eigenvalue weighted by atomic mass is 35.5. The number of rotatable bonds is 6. The van der Waals surface area contributed by atoms with Crippen LogP contribution in [0.15, 0.2) is 67.3 Å². The predicted molar refractivity (Wildman–Crippen MR) is 96.6 cm³/mol. The highest BCUT2D eigenvalue weighted by Crippen LogP contribution is 2.32. The monoisotopic (exact) mass is 426 g/mol. The number of amides is 1. The number of carbonyl (C=O) groups excluding carboxylic acids is 1. The van der Waals surface area contributed by atoms with Gasteiger partial charge in [0.25, 0.3) is 0 Å². The van der Waals surface area contributed by atoms with E-state index in [1.54, 1.807) is 18.5 Å². The molecule has 0 aliphatic carbocycles. The third-order valence-electron chi connectivity index (χ3n) is 3.76. The van der Waals surface area contributed by atoms with Crippen LogP contribution in [0.2, 0.25) is 5.02 Å². The Balaban J connectivity index is 1.75. The van der Waals surface area contributed by atoms with Gasteiger partial charge in [0.15, 0.2) is 0 Å². The molecule has 5 nitrogen and oxygen atoms in total. The Morgan fingerprint density at radius 3 is 2.34 bits per heavy atom. The second-order valence-corrected chi connectivity index (χ2v) is 6.18. The van der Waals surface area contributed by atoms with Crippen LogP contribution in [0.5, 0.6) is 5.75 Å². The van der Waals surface area contributed by atoms with Gasteiger partial charge in [0.1, 0.15) is 5.75 Å². The van der Waals surface area contributed by atoms with Gasteiger partial charge in [-0.3, -0.25) is 9.78 Å². The van der Waals surface area contributed by atoms with E-state index in [-0.39, 0.29) is 5.02 Å². The molecule has 29 heavy (non-hydrogen) atoms. The fourth-order valence-electron chi connectivity index (χ4n) is 2.37. The Labute approximate surface area is 167 Å². The maximum atomic E-state index is 13.0. The normalized spacial score (nSPS) is 11.4. The van der Waals surface area contributed by atoms with E-state index in [0.29, 0.717) is 16.7 Å². The molecule has 0 aliphatic heterocycles. The van der Waals surface area contributed by atoms with Crippen LogP contribution in [0.3, 0.4) is 0 Å². The van der Waals surface area contributed by atoms with Crippen molar-refractivity contribution in [2.24, 2.45) is 0 Å². The molecule has 10 heteroatoms. The first-order valence-corrected chi connectivity index (χ1v) is 8.51. The van der Waals surface area contributed by atoms with Gasteiger partial charge in [0.2, 0.25) is 12.4 Å². The molecule has 0 saturated heterocycles. The van der Waals surface area contributed by atoms with Crippen molar-refractivity contribution < 1.29 is 31.8 Å². The van der Waals surface area contributed by atoms with Crippen LogP contribution in [-0.2, 0) is 0 Å². The van der Waals surface area contributed by atoms with Crippen LogP contribution in [-0.4, -0.2) is 23.4 Å². The lowest BCUT2D eigenvalue weighted by atomic mass is 10.0. The standard InChI is InChI=1S/C19H12ClF4N3O2/c20-16-11-13(17(28)26-27-9-7-25-8-10-27)3-6-15(16)12-1-4-14(5-2-12)29-19(23,24)18(21)22/h1-11,18H/p+1. The van der Waals surface area contributed by atoms with Gasteiger partial charge in [0, 0.05) is 16.1 Å². The third-order valence-corrected chi connectivity index (χ3v) is 4.07. The number of aromatic nitrogens is 2. The summed E-state index contributed by atoms with van der Waals surface area (Å²) in [7, 11) is 0. The molecule has 0 spiro atoms. The van der Waals surface area contributed by atoms with Crippen LogP contribution in [0, 0.1) is 0 Å². The van der Waals surface area contributed by atoms with Gasteiger partial charge in [0.05, 0.1) is 12.4 Å². The number of hydrogen-bond acceptors (Lipinski definition) is 3. The summed E-state index contributed by atoms with van der Waals surface area (Å²) in [6.45, 7) is 0. The predicted octanol–water partition coefficient (Wildman–Crippen LogP) is 4.31. The number of ether oxygens (including phenoxy) is 1. The summed E-state index contributed by atoms with van der Waals surface area (Å²) in [5, 5.41) is 0.240. The molecule has 0 atom stereocenters. The van der Waals surface area contributed by atoms with Gasteiger partial charge in [-0.15, -0.1) is 5.43 Å². The minimum absolute atomic E-state index is 0.240. The quantitative estimate of drug-likeness (QED) is 0.472. The summed E-state index contributed by atoms with van der Waals surface area (Å²) in [6.07, 6.45) is -2.42. The molecule has 3 rings (SSSR count). The first kappa shape index (κ1) is 20.5. The van der Waals surface area contributed by atoms with Crippen LogP contribution in [0.4, 0.5) is 17.6 Å². The molecular formula is C19H13ClF4N3O2+. The lowest BCUT2D eigenvalue weighted by Gasteiger charge is -2.17. The van der Waals surface area contributed by atoms with Crippen molar-refractivity contribution in [1.29, 1.82) is 0 Å². The van der Waals surface area contributed by atoms with Gasteiger partial charge in [-0.2, -0.15) is 17.6 Å². The van der Waals surface area contributed by atoms with Crippen molar-refractivity contribution in [2.45, 2.75) is 12.5 Å². The summed E-state index contributed by atoms with van der Waals surface area (Å²) in [5.41, 5.74) is 3.95. The number of halogens is 5. The van der Waals surface area contributed by atoms with Crippen molar-refractivity contribution in [3.63, 3.8) is 0 Å². The molecule has 0 radical (unpaired) electrons. The lowest BCUT2D eigenvalue weighted by molar-refractivity contribution is -0.641. The van der Waals surface area contributed by atoms with Crippen LogP contribution < -0.4 is 14.8 Å². The van der Waals surface area contributed by atoms with Gasteiger partial charge in [-0.25, -0.2) is 0 Å². The Hall–Kier alpha value is -3.20. The molecule has 0 unspecified atom stereocenters. The van der Waals surface area contributed by atoms with E-state index in [4.69, 9.17) is 11.6 Å². The van der Waals surface area contributed by atoms with E-state index in [9.17, 15) is 22.4 Å². The fourth-order valence-corrected chi connectivity index (χ4v) is 2.66. The number of benzene rings is 2. The van der Waals surface area contributed by atoms with Gasteiger partial charge in [-0.05, 0) is 29.8 Å². The van der Waals surface area contributed by atoms with E-state index in [1.165, 1.54) is 41.3 Å². The number of alkyl halides is 4. The molecule has 3 aromatic rings. The Morgan fingerprint density at radius 1 is 1.10 bits per heavy atom. The second kappa shape index (κ2) is 8.44. The van der Waals surface area contributed by atoms with Crippen molar-refractivity contribution >= 4 is 17.5 Å². The van der Waals surface area contributed by atoms with E-state index in [2.05, 4.69) is 15.1 Å². The first-order chi connectivity index (χ1) is 13.8. The molecule has 1 amide bonds. The average Bonchev–Trinajstić information content (AvgIpc) is 2.69. The molecule has 0 saturated carbocycles. The molecule has 0 fully saturated rings. The van der Waals surface area contributed by atoms with Gasteiger partial charge >= 0.3 is 18.4 Å². The third kappa shape index (κ3) is 5.00. The molecule has 2 aromatic carbocycles. The molecule has 1 aromatic heterocycles. The number of nitrogens with one attached hydrogen (secondary N) is 1. The molecular weight excluding hydrogens is 414 g/mol. The number of nitrogens with zero attached hydrogens (tertiary/aromatic N) is 2. The van der Waals surface area contributed by atoms with Crippen LogP contribution in [0.1, 0.15) is 10.4 Å². The molecule has 0 aliphatic rings. The van der Waals surface area contributed by atoms with Crippen molar-refractivity contribution in [3.8, 4) is 16.9 Å². The van der Waals surface area contributed by atoms with E-state index >= 15 is 0 Å². The molecule has 0 bridgehead atoms.